The van der Waals surface area contributed by atoms with Crippen LogP contribution < -0.4 is 15.5 Å². The number of rotatable bonds is 9. The van der Waals surface area contributed by atoms with Crippen LogP contribution in [0.1, 0.15) is 23.5 Å². The first kappa shape index (κ1) is 20.8. The van der Waals surface area contributed by atoms with Gasteiger partial charge in [-0.3, -0.25) is 4.99 Å². The molecule has 0 amide bonds. The summed E-state index contributed by atoms with van der Waals surface area (Å²) in [6.07, 6.45) is 2.06. The van der Waals surface area contributed by atoms with Crippen molar-refractivity contribution in [1.29, 1.82) is 0 Å². The second-order valence-corrected chi connectivity index (χ2v) is 6.83. The van der Waals surface area contributed by atoms with E-state index in [-0.39, 0.29) is 12.5 Å². The van der Waals surface area contributed by atoms with Crippen LogP contribution in [0, 0.1) is 0 Å². The lowest BCUT2D eigenvalue weighted by Gasteiger charge is -2.18. The second kappa shape index (κ2) is 11.2. The highest BCUT2D eigenvalue weighted by molar-refractivity contribution is 5.79. The van der Waals surface area contributed by atoms with Crippen molar-refractivity contribution in [2.24, 2.45) is 4.99 Å². The Morgan fingerprint density at radius 2 is 1.74 bits per heavy atom. The number of aliphatic hydroxyl groups excluding tert-OH is 1. The molecule has 5 heteroatoms. The summed E-state index contributed by atoms with van der Waals surface area (Å²) in [7, 11) is 5.87. The number of hydrogen-bond acceptors (Lipinski definition) is 3. The normalized spacial score (nSPS) is 12.5. The number of nitrogens with one attached hydrogen (secondary N) is 2. The number of guanidine groups is 1. The number of nitrogens with zero attached hydrogens (tertiary/aromatic N) is 2. The molecule has 1 unspecified atom stereocenters. The van der Waals surface area contributed by atoms with E-state index >= 15 is 0 Å². The number of aliphatic imine (C=N–C) groups is 1. The van der Waals surface area contributed by atoms with Gasteiger partial charge in [0.2, 0.25) is 0 Å². The summed E-state index contributed by atoms with van der Waals surface area (Å²) in [4.78, 5) is 6.38. The van der Waals surface area contributed by atoms with Crippen molar-refractivity contribution in [3.05, 3.63) is 65.7 Å². The first-order valence-corrected chi connectivity index (χ1v) is 9.50. The van der Waals surface area contributed by atoms with Crippen LogP contribution in [0.15, 0.2) is 59.6 Å². The summed E-state index contributed by atoms with van der Waals surface area (Å²) in [5, 5.41) is 16.3. The molecular formula is C22H32N4O. The van der Waals surface area contributed by atoms with Gasteiger partial charge in [0.15, 0.2) is 5.96 Å². The minimum Gasteiger partial charge on any atom is -0.396 e. The molecule has 0 radical (unpaired) electrons. The van der Waals surface area contributed by atoms with Gasteiger partial charge in [0.25, 0.3) is 0 Å². The number of benzene rings is 2. The Balaban J connectivity index is 1.72. The molecule has 0 bridgehead atoms. The summed E-state index contributed by atoms with van der Waals surface area (Å²) in [5.74, 6) is 0.826. The highest BCUT2D eigenvalue weighted by atomic mass is 16.3. The average Bonchev–Trinajstić information content (AvgIpc) is 2.71. The minimum atomic E-state index is 0.0555. The van der Waals surface area contributed by atoms with Crippen molar-refractivity contribution in [3.63, 3.8) is 0 Å². The molecule has 2 rings (SSSR count). The quantitative estimate of drug-likeness (QED) is 0.362. The van der Waals surface area contributed by atoms with Gasteiger partial charge in [-0.2, -0.15) is 0 Å². The average molecular weight is 369 g/mol. The molecule has 0 aliphatic carbocycles. The Morgan fingerprint density at radius 3 is 2.33 bits per heavy atom. The first-order valence-electron chi connectivity index (χ1n) is 9.50. The fourth-order valence-electron chi connectivity index (χ4n) is 2.91. The molecule has 146 valence electrons. The van der Waals surface area contributed by atoms with E-state index in [9.17, 15) is 5.11 Å². The van der Waals surface area contributed by atoms with Crippen LogP contribution in [0.3, 0.4) is 0 Å². The molecule has 0 fully saturated rings. The topological polar surface area (TPSA) is 59.9 Å². The standard InChI is InChI=1S/C22H32N4O/c1-23-22(25-16-20(17-27)19-9-5-4-6-10-19)24-15-7-8-18-11-13-21(14-12-18)26(2)3/h4-6,9-14,20,27H,7-8,15-17H2,1-3H3,(H2,23,24,25). The molecule has 0 saturated heterocycles. The molecule has 2 aromatic rings. The van der Waals surface area contributed by atoms with Crippen LogP contribution in [0.25, 0.3) is 0 Å². The summed E-state index contributed by atoms with van der Waals surface area (Å²) < 4.78 is 0. The van der Waals surface area contributed by atoms with Gasteiger partial charge >= 0.3 is 0 Å². The predicted molar refractivity (Wildman–Crippen MR) is 115 cm³/mol. The molecule has 3 N–H and O–H groups in total. The van der Waals surface area contributed by atoms with E-state index in [4.69, 9.17) is 0 Å². The molecule has 0 heterocycles. The number of anilines is 1. The third-order valence-electron chi connectivity index (χ3n) is 4.62. The Morgan fingerprint density at radius 1 is 1.04 bits per heavy atom. The maximum atomic E-state index is 9.66. The molecule has 0 aliphatic heterocycles. The molecule has 27 heavy (non-hydrogen) atoms. The lowest BCUT2D eigenvalue weighted by molar-refractivity contribution is 0.265. The van der Waals surface area contributed by atoms with E-state index in [1.807, 2.05) is 30.3 Å². The molecule has 0 spiro atoms. The smallest absolute Gasteiger partial charge is 0.190 e. The van der Waals surface area contributed by atoms with Crippen molar-refractivity contribution in [2.75, 3.05) is 45.7 Å². The van der Waals surface area contributed by atoms with Crippen LogP contribution in [0.2, 0.25) is 0 Å². The van der Waals surface area contributed by atoms with Crippen molar-refractivity contribution < 1.29 is 5.11 Å². The lowest BCUT2D eigenvalue weighted by atomic mass is 10.0. The largest absolute Gasteiger partial charge is 0.396 e. The molecule has 0 saturated carbocycles. The number of hydrogen-bond donors (Lipinski definition) is 3. The highest BCUT2D eigenvalue weighted by Gasteiger charge is 2.10. The van der Waals surface area contributed by atoms with Crippen LogP contribution in [0.4, 0.5) is 5.69 Å². The SMILES string of the molecule is CN=C(NCCCc1ccc(N(C)C)cc1)NCC(CO)c1ccccc1. The van der Waals surface area contributed by atoms with Crippen LogP contribution in [-0.4, -0.2) is 51.9 Å². The Kier molecular flexibility index (Phi) is 8.65. The van der Waals surface area contributed by atoms with Gasteiger partial charge in [-0.25, -0.2) is 0 Å². The third kappa shape index (κ3) is 6.94. The van der Waals surface area contributed by atoms with E-state index in [0.717, 1.165) is 30.9 Å². The molecule has 5 nitrogen and oxygen atoms in total. The number of aliphatic hydroxyl groups is 1. The number of aryl methyl sites for hydroxylation is 1. The monoisotopic (exact) mass is 368 g/mol. The predicted octanol–water partition coefficient (Wildman–Crippen LogP) is 2.63. The summed E-state index contributed by atoms with van der Waals surface area (Å²) in [6.45, 7) is 1.60. The van der Waals surface area contributed by atoms with Gasteiger partial charge in [0.1, 0.15) is 0 Å². The fourth-order valence-corrected chi connectivity index (χ4v) is 2.91. The molecule has 2 aromatic carbocycles. The van der Waals surface area contributed by atoms with E-state index in [1.165, 1.54) is 11.3 Å². The maximum absolute atomic E-state index is 9.66. The van der Waals surface area contributed by atoms with Crippen LogP contribution in [0.5, 0.6) is 0 Å². The minimum absolute atomic E-state index is 0.0555. The zero-order valence-corrected chi connectivity index (χ0v) is 16.7. The van der Waals surface area contributed by atoms with Crippen molar-refractivity contribution in [1.82, 2.24) is 10.6 Å². The molecule has 1 atom stereocenters. The van der Waals surface area contributed by atoms with Gasteiger partial charge in [0, 0.05) is 45.8 Å². The fraction of sp³-hybridized carbons (Fsp3) is 0.409. The van der Waals surface area contributed by atoms with Crippen molar-refractivity contribution in [3.8, 4) is 0 Å². The Labute approximate surface area is 163 Å². The van der Waals surface area contributed by atoms with Gasteiger partial charge in [-0.05, 0) is 36.1 Å². The summed E-state index contributed by atoms with van der Waals surface area (Å²) in [6, 6.07) is 18.7. The van der Waals surface area contributed by atoms with Gasteiger partial charge in [-0.1, -0.05) is 42.5 Å². The molecule has 0 aromatic heterocycles. The van der Waals surface area contributed by atoms with Crippen LogP contribution in [-0.2, 0) is 6.42 Å². The van der Waals surface area contributed by atoms with Crippen LogP contribution >= 0.6 is 0 Å². The third-order valence-corrected chi connectivity index (χ3v) is 4.62. The maximum Gasteiger partial charge on any atom is 0.190 e. The van der Waals surface area contributed by atoms with E-state index in [2.05, 4.69) is 58.9 Å². The zero-order chi connectivity index (χ0) is 19.5. The zero-order valence-electron chi connectivity index (χ0n) is 16.7. The van der Waals surface area contributed by atoms with Gasteiger partial charge < -0.3 is 20.6 Å². The lowest BCUT2D eigenvalue weighted by Crippen LogP contribution is -2.40. The molecular weight excluding hydrogens is 336 g/mol. The van der Waals surface area contributed by atoms with Crippen molar-refractivity contribution >= 4 is 11.6 Å². The van der Waals surface area contributed by atoms with E-state index < -0.39 is 0 Å². The van der Waals surface area contributed by atoms with E-state index in [0.29, 0.717) is 6.54 Å². The van der Waals surface area contributed by atoms with Crippen molar-refractivity contribution in [2.45, 2.75) is 18.8 Å². The van der Waals surface area contributed by atoms with Gasteiger partial charge in [-0.15, -0.1) is 0 Å². The first-order chi connectivity index (χ1) is 13.1. The summed E-state index contributed by atoms with van der Waals surface area (Å²) in [5.41, 5.74) is 3.69. The molecule has 0 aliphatic rings. The Bertz CT molecular complexity index is 683. The second-order valence-electron chi connectivity index (χ2n) is 6.83. The van der Waals surface area contributed by atoms with E-state index in [1.54, 1.807) is 7.05 Å². The summed E-state index contributed by atoms with van der Waals surface area (Å²) >= 11 is 0. The Hall–Kier alpha value is -2.53. The highest BCUT2D eigenvalue weighted by Crippen LogP contribution is 2.14. The van der Waals surface area contributed by atoms with Gasteiger partial charge in [0.05, 0.1) is 6.61 Å².